The zero-order valence-corrected chi connectivity index (χ0v) is 18.6. The van der Waals surface area contributed by atoms with E-state index >= 15 is 0 Å². The van der Waals surface area contributed by atoms with Crippen molar-refractivity contribution < 1.29 is 27.4 Å². The summed E-state index contributed by atoms with van der Waals surface area (Å²) in [5, 5.41) is 3.56. The molecule has 0 aliphatic carbocycles. The number of aryl methyl sites for hydroxylation is 2. The molecule has 33 heavy (non-hydrogen) atoms. The predicted molar refractivity (Wildman–Crippen MR) is 112 cm³/mol. The first-order valence-electron chi connectivity index (χ1n) is 10.6. The van der Waals surface area contributed by atoms with E-state index in [9.17, 15) is 18.0 Å². The van der Waals surface area contributed by atoms with Crippen molar-refractivity contribution in [3.05, 3.63) is 46.5 Å². The number of rotatable bonds is 6. The Morgan fingerprint density at radius 3 is 2.58 bits per heavy atom. The number of carbonyl (C=O) groups is 1. The average molecular weight is 463 g/mol. The lowest BCUT2D eigenvalue weighted by Crippen LogP contribution is -2.30. The largest absolute Gasteiger partial charge is 0.486 e. The standard InChI is InChI=1S/C22H24F3N5O3/c1-4-29(12-15-5-7-17-18(11-15)33-10-9-32-17)19(31)8-6-16-13(2)26-21-27-20(22(23,24)25)28-30(21)14(16)3/h5,7,11H,4,6,8-10,12H2,1-3H3. The summed E-state index contributed by atoms with van der Waals surface area (Å²) in [6, 6.07) is 5.61. The molecule has 3 aromatic rings. The third kappa shape index (κ3) is 4.71. The number of benzene rings is 1. The Hall–Kier alpha value is -3.37. The number of fused-ring (bicyclic) bond motifs is 2. The van der Waals surface area contributed by atoms with Crippen LogP contribution >= 0.6 is 0 Å². The lowest BCUT2D eigenvalue weighted by atomic mass is 10.1. The van der Waals surface area contributed by atoms with Gasteiger partial charge in [-0.05, 0) is 50.5 Å². The second-order valence-electron chi connectivity index (χ2n) is 7.79. The third-order valence-electron chi connectivity index (χ3n) is 5.61. The van der Waals surface area contributed by atoms with Crippen molar-refractivity contribution in [2.75, 3.05) is 19.8 Å². The molecule has 176 valence electrons. The summed E-state index contributed by atoms with van der Waals surface area (Å²) < 4.78 is 51.2. The van der Waals surface area contributed by atoms with Gasteiger partial charge in [0.15, 0.2) is 11.5 Å². The van der Waals surface area contributed by atoms with Gasteiger partial charge in [0.05, 0.1) is 0 Å². The van der Waals surface area contributed by atoms with Crippen LogP contribution in [-0.2, 0) is 23.9 Å². The van der Waals surface area contributed by atoms with Crippen LogP contribution in [0.2, 0.25) is 0 Å². The van der Waals surface area contributed by atoms with E-state index in [1.165, 1.54) is 0 Å². The molecule has 1 aromatic carbocycles. The highest BCUT2D eigenvalue weighted by Gasteiger charge is 2.37. The first-order chi connectivity index (χ1) is 15.7. The molecule has 2 aromatic heterocycles. The van der Waals surface area contributed by atoms with Gasteiger partial charge in [0.1, 0.15) is 13.2 Å². The van der Waals surface area contributed by atoms with Crippen molar-refractivity contribution in [1.82, 2.24) is 24.5 Å². The molecule has 1 aliphatic heterocycles. The average Bonchev–Trinajstić information content (AvgIpc) is 3.22. The van der Waals surface area contributed by atoms with Gasteiger partial charge in [-0.1, -0.05) is 6.07 Å². The molecule has 0 saturated carbocycles. The van der Waals surface area contributed by atoms with Crippen molar-refractivity contribution in [3.8, 4) is 11.5 Å². The fourth-order valence-corrected chi connectivity index (χ4v) is 3.86. The third-order valence-corrected chi connectivity index (χ3v) is 5.61. The van der Waals surface area contributed by atoms with Gasteiger partial charge >= 0.3 is 6.18 Å². The number of aromatic nitrogens is 4. The highest BCUT2D eigenvalue weighted by atomic mass is 19.4. The Bertz CT molecular complexity index is 1190. The molecule has 0 fully saturated rings. The van der Waals surface area contributed by atoms with Crippen molar-refractivity contribution in [2.45, 2.75) is 46.3 Å². The summed E-state index contributed by atoms with van der Waals surface area (Å²) in [6.45, 7) is 7.18. The second kappa shape index (κ2) is 8.87. The number of carbonyl (C=O) groups excluding carboxylic acids is 1. The molecule has 0 spiro atoms. The van der Waals surface area contributed by atoms with E-state index in [2.05, 4.69) is 15.1 Å². The summed E-state index contributed by atoms with van der Waals surface area (Å²) in [7, 11) is 0. The molecule has 0 bridgehead atoms. The Morgan fingerprint density at radius 1 is 1.15 bits per heavy atom. The fourth-order valence-electron chi connectivity index (χ4n) is 3.86. The minimum atomic E-state index is -4.65. The lowest BCUT2D eigenvalue weighted by Gasteiger charge is -2.23. The van der Waals surface area contributed by atoms with Gasteiger partial charge in [0, 0.05) is 30.9 Å². The molecule has 0 N–H and O–H groups in total. The van der Waals surface area contributed by atoms with E-state index in [0.717, 1.165) is 10.1 Å². The number of amides is 1. The first kappa shape index (κ1) is 22.8. The number of halogens is 3. The van der Waals surface area contributed by atoms with Crippen LogP contribution in [0.4, 0.5) is 13.2 Å². The Balaban J connectivity index is 1.48. The van der Waals surface area contributed by atoms with Gasteiger partial charge in [-0.3, -0.25) is 4.79 Å². The molecule has 0 unspecified atom stereocenters. The maximum atomic E-state index is 13.0. The zero-order valence-electron chi connectivity index (χ0n) is 18.6. The molecular weight excluding hydrogens is 439 g/mol. The number of alkyl halides is 3. The summed E-state index contributed by atoms with van der Waals surface area (Å²) >= 11 is 0. The monoisotopic (exact) mass is 463 g/mol. The van der Waals surface area contributed by atoms with Crippen LogP contribution < -0.4 is 9.47 Å². The number of nitrogens with zero attached hydrogens (tertiary/aromatic N) is 5. The van der Waals surface area contributed by atoms with Gasteiger partial charge in [0.25, 0.3) is 11.6 Å². The van der Waals surface area contributed by atoms with E-state index in [1.54, 1.807) is 18.7 Å². The Labute approximate surface area is 188 Å². The molecule has 0 saturated heterocycles. The molecule has 3 heterocycles. The fraction of sp³-hybridized carbons (Fsp3) is 0.455. The van der Waals surface area contributed by atoms with E-state index in [-0.39, 0.29) is 18.1 Å². The van der Waals surface area contributed by atoms with Crippen LogP contribution in [0.3, 0.4) is 0 Å². The van der Waals surface area contributed by atoms with Gasteiger partial charge in [-0.25, -0.2) is 9.50 Å². The summed E-state index contributed by atoms with van der Waals surface area (Å²) in [6.07, 6.45) is -4.13. The van der Waals surface area contributed by atoms with Gasteiger partial charge in [-0.2, -0.15) is 18.2 Å². The molecule has 1 amide bonds. The predicted octanol–water partition coefficient (Wildman–Crippen LogP) is 3.51. The molecule has 1 aliphatic rings. The minimum Gasteiger partial charge on any atom is -0.486 e. The first-order valence-corrected chi connectivity index (χ1v) is 10.6. The quantitative estimate of drug-likeness (QED) is 0.557. The summed E-state index contributed by atoms with van der Waals surface area (Å²) in [5.41, 5.74) is 2.63. The normalized spacial score (nSPS) is 13.4. The smallest absolute Gasteiger partial charge is 0.453 e. The van der Waals surface area contributed by atoms with Crippen molar-refractivity contribution in [1.29, 1.82) is 0 Å². The Kier molecular flexibility index (Phi) is 6.13. The molecule has 8 nitrogen and oxygen atoms in total. The summed E-state index contributed by atoms with van der Waals surface area (Å²) in [5.74, 6) is -0.0571. The minimum absolute atomic E-state index is 0.0687. The molecule has 0 radical (unpaired) electrons. The number of hydrogen-bond donors (Lipinski definition) is 0. The van der Waals surface area contributed by atoms with E-state index in [1.807, 2.05) is 25.1 Å². The van der Waals surface area contributed by atoms with Crippen LogP contribution in [-0.4, -0.2) is 50.1 Å². The van der Waals surface area contributed by atoms with Gasteiger partial charge < -0.3 is 14.4 Å². The van der Waals surface area contributed by atoms with Gasteiger partial charge in [-0.15, -0.1) is 5.10 Å². The Morgan fingerprint density at radius 2 is 1.88 bits per heavy atom. The molecule has 11 heteroatoms. The zero-order chi connectivity index (χ0) is 23.8. The number of ether oxygens (including phenoxy) is 2. The van der Waals surface area contributed by atoms with Crippen LogP contribution in [0, 0.1) is 13.8 Å². The second-order valence-corrected chi connectivity index (χ2v) is 7.79. The van der Waals surface area contributed by atoms with Crippen molar-refractivity contribution in [3.63, 3.8) is 0 Å². The number of hydrogen-bond acceptors (Lipinski definition) is 6. The van der Waals surface area contributed by atoms with Crippen LogP contribution in [0.15, 0.2) is 18.2 Å². The summed E-state index contributed by atoms with van der Waals surface area (Å²) in [4.78, 5) is 22.3. The van der Waals surface area contributed by atoms with E-state index < -0.39 is 12.0 Å². The van der Waals surface area contributed by atoms with E-state index in [4.69, 9.17) is 9.47 Å². The van der Waals surface area contributed by atoms with Gasteiger partial charge in [0.2, 0.25) is 5.91 Å². The van der Waals surface area contributed by atoms with Crippen LogP contribution in [0.25, 0.3) is 5.78 Å². The lowest BCUT2D eigenvalue weighted by molar-refractivity contribution is -0.144. The van der Waals surface area contributed by atoms with Crippen molar-refractivity contribution >= 4 is 11.7 Å². The van der Waals surface area contributed by atoms with Crippen LogP contribution in [0.1, 0.15) is 41.7 Å². The maximum absolute atomic E-state index is 13.0. The molecule has 0 atom stereocenters. The topological polar surface area (TPSA) is 81.9 Å². The van der Waals surface area contributed by atoms with Crippen LogP contribution in [0.5, 0.6) is 11.5 Å². The molecule has 4 rings (SSSR count). The molecular formula is C22H24F3N5O3. The van der Waals surface area contributed by atoms with Crippen molar-refractivity contribution in [2.24, 2.45) is 0 Å². The highest BCUT2D eigenvalue weighted by molar-refractivity contribution is 5.76. The highest BCUT2D eigenvalue weighted by Crippen LogP contribution is 2.31. The maximum Gasteiger partial charge on any atom is 0.453 e. The van der Waals surface area contributed by atoms with E-state index in [0.29, 0.717) is 61.2 Å². The SMILES string of the molecule is CCN(Cc1ccc2c(c1)OCCO2)C(=O)CCc1c(C)nc2nc(C(F)(F)F)nn2c1C.